The minimum absolute atomic E-state index is 0.466. The maximum Gasteiger partial charge on any atom is 0.136 e. The third-order valence-electron chi connectivity index (χ3n) is 3.77. The zero-order valence-electron chi connectivity index (χ0n) is 13.1. The summed E-state index contributed by atoms with van der Waals surface area (Å²) in [5.41, 5.74) is 0.961. The molecule has 0 bridgehead atoms. The van der Waals surface area contributed by atoms with Crippen molar-refractivity contribution in [3.8, 4) is 0 Å². The highest BCUT2D eigenvalue weighted by molar-refractivity contribution is 6.17. The van der Waals surface area contributed by atoms with Crippen LogP contribution in [0.5, 0.6) is 0 Å². The molecule has 0 atom stereocenters. The first-order valence-electron chi connectivity index (χ1n) is 7.99. The number of rotatable bonds is 8. The van der Waals surface area contributed by atoms with Crippen LogP contribution in [-0.4, -0.2) is 18.1 Å². The molecule has 0 aliphatic rings. The van der Waals surface area contributed by atoms with Crippen LogP contribution in [0.25, 0.3) is 10.8 Å². The molecule has 2 aromatic rings. The second-order valence-corrected chi connectivity index (χ2v) is 5.75. The van der Waals surface area contributed by atoms with Crippen molar-refractivity contribution in [1.82, 2.24) is 4.98 Å². The quantitative estimate of drug-likeness (QED) is 0.609. The Balaban J connectivity index is 2.43. The third-order valence-corrected chi connectivity index (χ3v) is 4.05. The second kappa shape index (κ2) is 8.23. The zero-order chi connectivity index (χ0) is 15.1. The molecule has 0 aliphatic carbocycles. The largest absolute Gasteiger partial charge is 0.356 e. The maximum absolute atomic E-state index is 6.03. The molecule has 0 aliphatic heterocycles. The first-order chi connectivity index (χ1) is 10.3. The third kappa shape index (κ3) is 4.10. The molecule has 1 aromatic heterocycles. The van der Waals surface area contributed by atoms with Crippen LogP contribution in [0, 0.1) is 0 Å². The summed E-state index contributed by atoms with van der Waals surface area (Å²) in [4.78, 5) is 7.26. The fourth-order valence-electron chi connectivity index (χ4n) is 2.57. The van der Waals surface area contributed by atoms with Gasteiger partial charge in [-0.25, -0.2) is 4.98 Å². The van der Waals surface area contributed by atoms with E-state index in [0.29, 0.717) is 5.88 Å². The summed E-state index contributed by atoms with van der Waals surface area (Å²) in [5.74, 6) is 1.57. The standard InChI is InChI=1S/C18H25ClN2/c1-3-5-11-21(12-6-4-2)18-17-10-8-7-9-15(17)13-16(14-19)20-18/h7-10,13H,3-6,11-12,14H2,1-2H3. The molecule has 0 fully saturated rings. The molecular formula is C18H25ClN2. The van der Waals surface area contributed by atoms with Crippen molar-refractivity contribution >= 4 is 28.2 Å². The Bertz CT molecular complexity index is 560. The maximum atomic E-state index is 6.03. The highest BCUT2D eigenvalue weighted by Crippen LogP contribution is 2.27. The predicted octanol–water partition coefficient (Wildman–Crippen LogP) is 5.38. The van der Waals surface area contributed by atoms with Crippen LogP contribution < -0.4 is 4.90 Å². The predicted molar refractivity (Wildman–Crippen MR) is 93.3 cm³/mol. The number of pyridine rings is 1. The summed E-state index contributed by atoms with van der Waals surface area (Å²) in [7, 11) is 0. The molecule has 0 amide bonds. The highest BCUT2D eigenvalue weighted by Gasteiger charge is 2.12. The van der Waals surface area contributed by atoms with E-state index in [4.69, 9.17) is 16.6 Å². The summed E-state index contributed by atoms with van der Waals surface area (Å²) in [5, 5.41) is 2.47. The first-order valence-corrected chi connectivity index (χ1v) is 8.53. The Hall–Kier alpha value is -1.28. The number of halogens is 1. The molecule has 2 rings (SSSR count). The summed E-state index contributed by atoms with van der Waals surface area (Å²) in [6, 6.07) is 10.6. The lowest BCUT2D eigenvalue weighted by Crippen LogP contribution is -2.27. The zero-order valence-corrected chi connectivity index (χ0v) is 13.9. The van der Waals surface area contributed by atoms with Crippen molar-refractivity contribution < 1.29 is 0 Å². The van der Waals surface area contributed by atoms with Gasteiger partial charge in [0, 0.05) is 18.5 Å². The molecule has 114 valence electrons. The van der Waals surface area contributed by atoms with Gasteiger partial charge in [-0.3, -0.25) is 0 Å². The van der Waals surface area contributed by atoms with E-state index in [1.807, 2.05) is 0 Å². The van der Waals surface area contributed by atoms with E-state index in [1.54, 1.807) is 0 Å². The fourth-order valence-corrected chi connectivity index (χ4v) is 2.70. The lowest BCUT2D eigenvalue weighted by molar-refractivity contribution is 0.672. The van der Waals surface area contributed by atoms with Crippen LogP contribution in [0.1, 0.15) is 45.2 Å². The molecule has 0 saturated carbocycles. The Morgan fingerprint density at radius 3 is 2.33 bits per heavy atom. The smallest absolute Gasteiger partial charge is 0.136 e. The Morgan fingerprint density at radius 1 is 1.05 bits per heavy atom. The van der Waals surface area contributed by atoms with Crippen molar-refractivity contribution in [3.05, 3.63) is 36.0 Å². The Kier molecular flexibility index (Phi) is 6.31. The molecule has 0 unspecified atom stereocenters. The summed E-state index contributed by atoms with van der Waals surface area (Å²) >= 11 is 6.03. The van der Waals surface area contributed by atoms with Gasteiger partial charge in [-0.05, 0) is 24.3 Å². The topological polar surface area (TPSA) is 16.1 Å². The number of benzene rings is 1. The van der Waals surface area contributed by atoms with Crippen molar-refractivity contribution in [3.63, 3.8) is 0 Å². The van der Waals surface area contributed by atoms with Crippen LogP contribution in [0.3, 0.4) is 0 Å². The molecule has 0 radical (unpaired) electrons. The Morgan fingerprint density at radius 2 is 1.71 bits per heavy atom. The minimum atomic E-state index is 0.466. The van der Waals surface area contributed by atoms with E-state index < -0.39 is 0 Å². The highest BCUT2D eigenvalue weighted by atomic mass is 35.5. The van der Waals surface area contributed by atoms with Gasteiger partial charge in [0.2, 0.25) is 0 Å². The summed E-state index contributed by atoms with van der Waals surface area (Å²) in [6.07, 6.45) is 4.81. The number of hydrogen-bond acceptors (Lipinski definition) is 2. The minimum Gasteiger partial charge on any atom is -0.356 e. The van der Waals surface area contributed by atoms with Gasteiger partial charge in [-0.15, -0.1) is 11.6 Å². The van der Waals surface area contributed by atoms with Gasteiger partial charge in [-0.1, -0.05) is 51.0 Å². The van der Waals surface area contributed by atoms with Crippen LogP contribution in [0.2, 0.25) is 0 Å². The average molecular weight is 305 g/mol. The number of anilines is 1. The van der Waals surface area contributed by atoms with E-state index in [0.717, 1.165) is 24.6 Å². The lowest BCUT2D eigenvalue weighted by Gasteiger charge is -2.25. The van der Waals surface area contributed by atoms with Crippen LogP contribution in [0.4, 0.5) is 5.82 Å². The number of alkyl halides is 1. The molecule has 0 saturated heterocycles. The lowest BCUT2D eigenvalue weighted by atomic mass is 10.1. The van der Waals surface area contributed by atoms with Crippen LogP contribution in [-0.2, 0) is 5.88 Å². The van der Waals surface area contributed by atoms with Gasteiger partial charge in [0.1, 0.15) is 5.82 Å². The van der Waals surface area contributed by atoms with E-state index >= 15 is 0 Å². The van der Waals surface area contributed by atoms with E-state index in [1.165, 1.54) is 36.5 Å². The number of nitrogens with zero attached hydrogens (tertiary/aromatic N) is 2. The van der Waals surface area contributed by atoms with Gasteiger partial charge in [-0.2, -0.15) is 0 Å². The van der Waals surface area contributed by atoms with Crippen LogP contribution in [0.15, 0.2) is 30.3 Å². The van der Waals surface area contributed by atoms with Gasteiger partial charge in [0.25, 0.3) is 0 Å². The van der Waals surface area contributed by atoms with Crippen LogP contribution >= 0.6 is 11.6 Å². The normalized spacial score (nSPS) is 11.0. The number of unbranched alkanes of at least 4 members (excludes halogenated alkanes) is 2. The van der Waals surface area contributed by atoms with Gasteiger partial charge in [0.05, 0.1) is 11.6 Å². The number of fused-ring (bicyclic) bond motifs is 1. The first kappa shape index (κ1) is 16.1. The molecular weight excluding hydrogens is 280 g/mol. The van der Waals surface area contributed by atoms with Crippen molar-refractivity contribution in [2.24, 2.45) is 0 Å². The monoisotopic (exact) mass is 304 g/mol. The summed E-state index contributed by atoms with van der Waals surface area (Å²) in [6.45, 7) is 6.61. The molecule has 3 heteroatoms. The van der Waals surface area contributed by atoms with Gasteiger partial charge in [0.15, 0.2) is 0 Å². The number of hydrogen-bond donors (Lipinski definition) is 0. The van der Waals surface area contributed by atoms with Gasteiger partial charge < -0.3 is 4.90 Å². The molecule has 2 nitrogen and oxygen atoms in total. The average Bonchev–Trinajstić information content (AvgIpc) is 2.54. The van der Waals surface area contributed by atoms with E-state index in [2.05, 4.69) is 49.1 Å². The van der Waals surface area contributed by atoms with Gasteiger partial charge >= 0.3 is 0 Å². The number of aromatic nitrogens is 1. The van der Waals surface area contributed by atoms with Crippen molar-refractivity contribution in [2.45, 2.75) is 45.4 Å². The SMILES string of the molecule is CCCCN(CCCC)c1nc(CCl)cc2ccccc12. The molecule has 1 aromatic carbocycles. The van der Waals surface area contributed by atoms with E-state index in [9.17, 15) is 0 Å². The summed E-state index contributed by atoms with van der Waals surface area (Å²) < 4.78 is 0. The second-order valence-electron chi connectivity index (χ2n) is 5.49. The molecule has 21 heavy (non-hydrogen) atoms. The van der Waals surface area contributed by atoms with Crippen molar-refractivity contribution in [2.75, 3.05) is 18.0 Å². The fraction of sp³-hybridized carbons (Fsp3) is 0.500. The Labute approximate surface area is 133 Å². The van der Waals surface area contributed by atoms with E-state index in [-0.39, 0.29) is 0 Å². The molecule has 0 spiro atoms. The molecule has 0 N–H and O–H groups in total. The van der Waals surface area contributed by atoms with Crippen molar-refractivity contribution in [1.29, 1.82) is 0 Å². The molecule has 1 heterocycles.